The maximum Gasteiger partial charge on any atom is 0.271 e. The van der Waals surface area contributed by atoms with E-state index in [1.807, 2.05) is 59.2 Å². The highest BCUT2D eigenvalue weighted by molar-refractivity contribution is 7.07. The molecule has 0 spiro atoms. The Bertz CT molecular complexity index is 2280. The van der Waals surface area contributed by atoms with Crippen LogP contribution in [0.15, 0.2) is 119 Å². The van der Waals surface area contributed by atoms with Crippen molar-refractivity contribution in [2.45, 2.75) is 25.4 Å². The van der Waals surface area contributed by atoms with E-state index in [1.165, 1.54) is 28.0 Å². The summed E-state index contributed by atoms with van der Waals surface area (Å²) in [5.41, 5.74) is 8.93. The molecule has 4 aromatic carbocycles. The predicted molar refractivity (Wildman–Crippen MR) is 177 cm³/mol. The van der Waals surface area contributed by atoms with Crippen LogP contribution in [0.3, 0.4) is 0 Å². The van der Waals surface area contributed by atoms with Crippen molar-refractivity contribution in [3.8, 4) is 0 Å². The van der Waals surface area contributed by atoms with Crippen molar-refractivity contribution in [3.05, 3.63) is 166 Å². The van der Waals surface area contributed by atoms with Crippen LogP contribution in [0, 0.1) is 0 Å². The average molecular weight is 619 g/mol. The van der Waals surface area contributed by atoms with E-state index in [9.17, 15) is 4.79 Å². The number of fused-ring (bicyclic) bond motifs is 4. The van der Waals surface area contributed by atoms with Gasteiger partial charge in [-0.15, -0.1) is 0 Å². The Balaban J connectivity index is 1.30. The number of thiazole rings is 1. The van der Waals surface area contributed by atoms with Gasteiger partial charge in [0.1, 0.15) is 0 Å². The van der Waals surface area contributed by atoms with E-state index in [-0.39, 0.29) is 11.6 Å². The highest BCUT2D eigenvalue weighted by Gasteiger charge is 2.32. The molecule has 0 saturated heterocycles. The Morgan fingerprint density at radius 1 is 0.884 bits per heavy atom. The number of nitrogens with zero attached hydrogens (tertiary/aromatic N) is 3. The van der Waals surface area contributed by atoms with Gasteiger partial charge in [-0.2, -0.15) is 0 Å². The summed E-state index contributed by atoms with van der Waals surface area (Å²) in [4.78, 5) is 20.1. The molecule has 0 bridgehead atoms. The van der Waals surface area contributed by atoms with E-state index >= 15 is 0 Å². The van der Waals surface area contributed by atoms with Gasteiger partial charge in [0.2, 0.25) is 0 Å². The molecule has 1 unspecified atom stereocenters. The molecule has 0 N–H and O–H groups in total. The lowest BCUT2D eigenvalue weighted by Gasteiger charge is -2.30. The van der Waals surface area contributed by atoms with Gasteiger partial charge in [-0.25, -0.2) is 4.99 Å². The Morgan fingerprint density at radius 2 is 1.67 bits per heavy atom. The fourth-order valence-electron chi connectivity index (χ4n) is 6.45. The molecule has 7 heteroatoms. The molecule has 6 aromatic rings. The van der Waals surface area contributed by atoms with Crippen LogP contribution in [0.4, 0.5) is 0 Å². The topological polar surface area (TPSA) is 39.3 Å². The summed E-state index contributed by atoms with van der Waals surface area (Å²) in [6.07, 6.45) is 5.95. The Hall–Kier alpha value is -4.16. The van der Waals surface area contributed by atoms with Crippen molar-refractivity contribution in [1.29, 1.82) is 0 Å². The van der Waals surface area contributed by atoms with E-state index < -0.39 is 0 Å². The third kappa shape index (κ3) is 4.51. The van der Waals surface area contributed by atoms with Gasteiger partial charge in [0.15, 0.2) is 4.80 Å². The standard InChI is InChI=1S/C36H25Cl2N3OS/c37-29-17-14-22(18-30(29)38)20-40-21-25(26-11-6-7-13-31(26)40)19-32-35(42)41-34(24-9-2-1-3-10-24)28-16-15-23-8-4-5-12-27(23)33(28)39-36(41)43-32/h1-14,17-19,21,34H,15-16,20H2/b32-19-. The van der Waals surface area contributed by atoms with Gasteiger partial charge in [-0.1, -0.05) is 113 Å². The zero-order valence-corrected chi connectivity index (χ0v) is 25.3. The number of aryl methyl sites for hydroxylation is 1. The maximum absolute atomic E-state index is 14.3. The van der Waals surface area contributed by atoms with Crippen LogP contribution < -0.4 is 14.9 Å². The first-order chi connectivity index (χ1) is 21.0. The van der Waals surface area contributed by atoms with Crippen LogP contribution in [0.25, 0.3) is 22.7 Å². The lowest BCUT2D eigenvalue weighted by atomic mass is 9.83. The number of hydrogen-bond donors (Lipinski definition) is 0. The predicted octanol–water partition coefficient (Wildman–Crippen LogP) is 7.63. The molecule has 2 aliphatic rings. The highest BCUT2D eigenvalue weighted by Crippen LogP contribution is 2.41. The van der Waals surface area contributed by atoms with Gasteiger partial charge in [-0.3, -0.25) is 9.36 Å². The third-order valence-corrected chi connectivity index (χ3v) is 10.2. The monoisotopic (exact) mass is 617 g/mol. The zero-order chi connectivity index (χ0) is 29.1. The number of aromatic nitrogens is 2. The molecule has 0 fully saturated rings. The number of rotatable bonds is 4. The second-order valence-corrected chi connectivity index (χ2v) is 12.8. The van der Waals surface area contributed by atoms with Crippen LogP contribution in [0.5, 0.6) is 0 Å². The lowest BCUT2D eigenvalue weighted by Crippen LogP contribution is -2.38. The molecule has 43 heavy (non-hydrogen) atoms. The van der Waals surface area contributed by atoms with Gasteiger partial charge in [0.05, 0.1) is 26.3 Å². The van der Waals surface area contributed by atoms with E-state index in [4.69, 9.17) is 28.2 Å². The minimum Gasteiger partial charge on any atom is -0.342 e. The van der Waals surface area contributed by atoms with Gasteiger partial charge in [0, 0.05) is 34.8 Å². The molecule has 8 rings (SSSR count). The molecule has 4 nitrogen and oxygen atoms in total. The Labute approximate surface area is 262 Å². The van der Waals surface area contributed by atoms with E-state index in [0.717, 1.165) is 50.9 Å². The lowest BCUT2D eigenvalue weighted by molar-refractivity contribution is 0.585. The van der Waals surface area contributed by atoms with Crippen molar-refractivity contribution in [2.24, 2.45) is 4.99 Å². The van der Waals surface area contributed by atoms with E-state index in [1.54, 1.807) is 0 Å². The fourth-order valence-corrected chi connectivity index (χ4v) is 7.77. The SMILES string of the molecule is O=c1/c(=C/c2cn(Cc3ccc(Cl)c(Cl)c3)c3ccccc23)sc2n1C(c1ccccc1)C1=C(N=2)c2ccccc2CC1. The number of halogens is 2. The molecule has 210 valence electrons. The average Bonchev–Trinajstić information content (AvgIpc) is 3.54. The first kappa shape index (κ1) is 26.5. The minimum absolute atomic E-state index is 0.00988. The van der Waals surface area contributed by atoms with Gasteiger partial charge in [-0.05, 0) is 59.4 Å². The number of para-hydroxylation sites is 1. The summed E-state index contributed by atoms with van der Waals surface area (Å²) in [6.45, 7) is 0.632. The first-order valence-corrected chi connectivity index (χ1v) is 15.8. The number of allylic oxidation sites excluding steroid dienone is 1. The quantitative estimate of drug-likeness (QED) is 0.200. The summed E-state index contributed by atoms with van der Waals surface area (Å²) in [6, 6.07) is 32.7. The van der Waals surface area contributed by atoms with Gasteiger partial charge >= 0.3 is 0 Å². The molecule has 1 atom stereocenters. The third-order valence-electron chi connectivity index (χ3n) is 8.43. The minimum atomic E-state index is -0.182. The van der Waals surface area contributed by atoms with Crippen LogP contribution in [-0.4, -0.2) is 9.13 Å². The van der Waals surface area contributed by atoms with Gasteiger partial charge in [0.25, 0.3) is 5.56 Å². The molecule has 0 radical (unpaired) electrons. The Kier molecular flexibility index (Phi) is 6.48. The van der Waals surface area contributed by atoms with E-state index in [2.05, 4.69) is 59.3 Å². The van der Waals surface area contributed by atoms with Crippen LogP contribution in [0.2, 0.25) is 10.0 Å². The largest absolute Gasteiger partial charge is 0.342 e. The van der Waals surface area contributed by atoms with E-state index in [0.29, 0.717) is 21.1 Å². The molecule has 2 aromatic heterocycles. The number of hydrogen-bond acceptors (Lipinski definition) is 3. The molecule has 0 saturated carbocycles. The second-order valence-electron chi connectivity index (χ2n) is 11.0. The summed E-state index contributed by atoms with van der Waals surface area (Å²) < 4.78 is 4.78. The van der Waals surface area contributed by atoms with Crippen LogP contribution >= 0.6 is 34.5 Å². The van der Waals surface area contributed by atoms with Crippen molar-refractivity contribution in [3.63, 3.8) is 0 Å². The molecule has 1 aliphatic heterocycles. The van der Waals surface area contributed by atoms with Crippen molar-refractivity contribution < 1.29 is 0 Å². The second kappa shape index (κ2) is 10.5. The molecular weight excluding hydrogens is 593 g/mol. The molecular formula is C36H25Cl2N3OS. The maximum atomic E-state index is 14.3. The van der Waals surface area contributed by atoms with Crippen molar-refractivity contribution in [1.82, 2.24) is 9.13 Å². The van der Waals surface area contributed by atoms with Crippen LogP contribution in [0.1, 0.15) is 40.3 Å². The van der Waals surface area contributed by atoms with Crippen molar-refractivity contribution in [2.75, 3.05) is 0 Å². The van der Waals surface area contributed by atoms with Crippen molar-refractivity contribution >= 4 is 57.2 Å². The summed E-state index contributed by atoms with van der Waals surface area (Å²) in [5.74, 6) is 0. The summed E-state index contributed by atoms with van der Waals surface area (Å²) in [5, 5.41) is 2.16. The normalized spacial score (nSPS) is 16.1. The highest BCUT2D eigenvalue weighted by atomic mass is 35.5. The molecule has 1 aliphatic carbocycles. The fraction of sp³-hybridized carbons (Fsp3) is 0.111. The smallest absolute Gasteiger partial charge is 0.271 e. The summed E-state index contributed by atoms with van der Waals surface area (Å²) >= 11 is 13.9. The number of benzene rings is 4. The Morgan fingerprint density at radius 3 is 2.53 bits per heavy atom. The molecule has 3 heterocycles. The first-order valence-electron chi connectivity index (χ1n) is 14.2. The molecule has 0 amide bonds. The zero-order valence-electron chi connectivity index (χ0n) is 23.0. The van der Waals surface area contributed by atoms with Gasteiger partial charge < -0.3 is 4.57 Å². The summed E-state index contributed by atoms with van der Waals surface area (Å²) in [7, 11) is 0. The van der Waals surface area contributed by atoms with Crippen LogP contribution in [-0.2, 0) is 13.0 Å².